The Kier molecular flexibility index (Phi) is 6.43. The van der Waals surface area contributed by atoms with Crippen LogP contribution in [0.5, 0.6) is 0 Å². The van der Waals surface area contributed by atoms with Crippen molar-refractivity contribution in [3.63, 3.8) is 0 Å². The molecule has 0 aliphatic heterocycles. The van der Waals surface area contributed by atoms with Gasteiger partial charge in [0, 0.05) is 9.35 Å². The monoisotopic (exact) mass is 485 g/mol. The quantitative estimate of drug-likeness (QED) is 0.347. The number of thioether (sulfide) groups is 1. The van der Waals surface area contributed by atoms with Crippen molar-refractivity contribution >= 4 is 44.9 Å². The van der Waals surface area contributed by atoms with E-state index in [0.717, 1.165) is 20.5 Å². The van der Waals surface area contributed by atoms with Crippen molar-refractivity contribution in [2.75, 3.05) is 5.75 Å². The smallest absolute Gasteiger partial charge is 0.277 e. The standard InChI is InChI=1S/C21H16BrN3O2S2/c22-16-10-5-4-9-15(16)20-24-25-21(27-20)29-13-18(26)23-19(17-11-6-12-28-17)14-7-2-1-3-8-14/h1-12,19H,13H2,(H,23,26)/t19-/m0/s1. The summed E-state index contributed by atoms with van der Waals surface area (Å²) in [7, 11) is 0. The van der Waals surface area contributed by atoms with Crippen LogP contribution in [0.15, 0.2) is 86.2 Å². The fraction of sp³-hybridized carbons (Fsp3) is 0.0952. The number of aromatic nitrogens is 2. The Balaban J connectivity index is 1.41. The predicted octanol–water partition coefficient (Wildman–Crippen LogP) is 5.56. The maximum Gasteiger partial charge on any atom is 0.277 e. The van der Waals surface area contributed by atoms with Gasteiger partial charge < -0.3 is 9.73 Å². The lowest BCUT2D eigenvalue weighted by Crippen LogP contribution is -2.30. The molecule has 2 aromatic carbocycles. The van der Waals surface area contributed by atoms with Gasteiger partial charge in [-0.1, -0.05) is 60.3 Å². The average Bonchev–Trinajstić information content (AvgIpc) is 3.44. The van der Waals surface area contributed by atoms with Gasteiger partial charge in [-0.15, -0.1) is 21.5 Å². The molecule has 1 amide bonds. The third-order valence-electron chi connectivity index (χ3n) is 4.10. The van der Waals surface area contributed by atoms with Crippen molar-refractivity contribution in [2.45, 2.75) is 11.3 Å². The SMILES string of the molecule is O=C(CSc1nnc(-c2ccccc2Br)o1)N[C@@H](c1ccccc1)c1cccs1. The van der Waals surface area contributed by atoms with E-state index >= 15 is 0 Å². The average molecular weight is 486 g/mol. The Bertz CT molecular complexity index is 1080. The normalized spacial score (nSPS) is 11.9. The number of nitrogens with zero attached hydrogens (tertiary/aromatic N) is 2. The fourth-order valence-corrected chi connectivity index (χ4v) is 4.59. The van der Waals surface area contributed by atoms with E-state index in [1.807, 2.05) is 72.1 Å². The first kappa shape index (κ1) is 19.9. The maximum absolute atomic E-state index is 12.6. The molecule has 0 bridgehead atoms. The van der Waals surface area contributed by atoms with Crippen LogP contribution >= 0.6 is 39.0 Å². The van der Waals surface area contributed by atoms with Crippen molar-refractivity contribution in [1.29, 1.82) is 0 Å². The third-order valence-corrected chi connectivity index (χ3v) is 6.55. The fourth-order valence-electron chi connectivity index (χ4n) is 2.76. The number of halogens is 1. The van der Waals surface area contributed by atoms with Crippen molar-refractivity contribution in [2.24, 2.45) is 0 Å². The number of thiophene rings is 1. The summed E-state index contributed by atoms with van der Waals surface area (Å²) in [4.78, 5) is 13.7. The molecule has 0 radical (unpaired) electrons. The van der Waals surface area contributed by atoms with E-state index in [-0.39, 0.29) is 17.7 Å². The summed E-state index contributed by atoms with van der Waals surface area (Å²) >= 11 is 6.31. The van der Waals surface area contributed by atoms with Gasteiger partial charge in [0.25, 0.3) is 5.22 Å². The Labute approximate surface area is 184 Å². The molecule has 0 fully saturated rings. The van der Waals surface area contributed by atoms with Crippen molar-refractivity contribution < 1.29 is 9.21 Å². The highest BCUT2D eigenvalue weighted by atomic mass is 79.9. The van der Waals surface area contributed by atoms with E-state index in [0.29, 0.717) is 11.1 Å². The molecule has 5 nitrogen and oxygen atoms in total. The molecule has 8 heteroatoms. The second kappa shape index (κ2) is 9.39. The van der Waals surface area contributed by atoms with Crippen LogP contribution in [0.3, 0.4) is 0 Å². The zero-order valence-electron chi connectivity index (χ0n) is 15.1. The minimum atomic E-state index is -0.178. The Hall–Kier alpha value is -2.42. The Morgan fingerprint density at radius 3 is 2.62 bits per heavy atom. The Morgan fingerprint density at radius 2 is 1.86 bits per heavy atom. The second-order valence-corrected chi connectivity index (χ2v) is 8.83. The van der Waals surface area contributed by atoms with Crippen LogP contribution < -0.4 is 5.32 Å². The molecular formula is C21H16BrN3O2S2. The summed E-state index contributed by atoms with van der Waals surface area (Å²) in [6, 6.07) is 21.4. The van der Waals surface area contributed by atoms with E-state index in [4.69, 9.17) is 4.42 Å². The number of carbonyl (C=O) groups is 1. The second-order valence-electron chi connectivity index (χ2n) is 6.07. The largest absolute Gasteiger partial charge is 0.411 e. The van der Waals surface area contributed by atoms with Crippen LogP contribution in [0.2, 0.25) is 0 Å². The molecule has 1 atom stereocenters. The highest BCUT2D eigenvalue weighted by molar-refractivity contribution is 9.10. The zero-order chi connectivity index (χ0) is 20.1. The van der Waals surface area contributed by atoms with Crippen molar-refractivity contribution in [3.05, 3.63) is 87.0 Å². The lowest BCUT2D eigenvalue weighted by molar-refractivity contribution is -0.119. The number of nitrogens with one attached hydrogen (secondary N) is 1. The van der Waals surface area contributed by atoms with E-state index in [1.54, 1.807) is 11.3 Å². The molecule has 0 aliphatic rings. The van der Waals surface area contributed by atoms with Crippen molar-refractivity contribution in [3.8, 4) is 11.5 Å². The van der Waals surface area contributed by atoms with E-state index in [2.05, 4.69) is 31.4 Å². The first-order chi connectivity index (χ1) is 14.2. The first-order valence-electron chi connectivity index (χ1n) is 8.79. The number of carbonyl (C=O) groups excluding carboxylic acids is 1. The molecule has 0 saturated carbocycles. The van der Waals surface area contributed by atoms with Gasteiger partial charge in [-0.25, -0.2) is 0 Å². The first-order valence-corrected chi connectivity index (χ1v) is 11.5. The van der Waals surface area contributed by atoms with Gasteiger partial charge in [-0.3, -0.25) is 4.79 Å². The van der Waals surface area contributed by atoms with E-state index < -0.39 is 0 Å². The van der Waals surface area contributed by atoms with Gasteiger partial charge in [0.1, 0.15) is 0 Å². The lowest BCUT2D eigenvalue weighted by atomic mass is 10.1. The highest BCUT2D eigenvalue weighted by Gasteiger charge is 2.19. The lowest BCUT2D eigenvalue weighted by Gasteiger charge is -2.17. The summed E-state index contributed by atoms with van der Waals surface area (Å²) in [5.74, 6) is 0.505. The summed E-state index contributed by atoms with van der Waals surface area (Å²) < 4.78 is 6.57. The minimum absolute atomic E-state index is 0.0992. The van der Waals surface area contributed by atoms with Crippen LogP contribution in [-0.2, 0) is 4.79 Å². The summed E-state index contributed by atoms with van der Waals surface area (Å²) in [6.07, 6.45) is 0. The molecule has 1 N–H and O–H groups in total. The van der Waals surface area contributed by atoms with Crippen LogP contribution in [0.25, 0.3) is 11.5 Å². The van der Waals surface area contributed by atoms with Gasteiger partial charge in [0.05, 0.1) is 17.4 Å². The molecule has 2 heterocycles. The van der Waals surface area contributed by atoms with Gasteiger partial charge in [0.15, 0.2) is 0 Å². The van der Waals surface area contributed by atoms with Crippen molar-refractivity contribution in [1.82, 2.24) is 15.5 Å². The molecule has 0 spiro atoms. The maximum atomic E-state index is 12.6. The number of benzene rings is 2. The highest BCUT2D eigenvalue weighted by Crippen LogP contribution is 2.29. The third kappa shape index (κ3) is 4.95. The van der Waals surface area contributed by atoms with Gasteiger partial charge in [0.2, 0.25) is 11.8 Å². The van der Waals surface area contributed by atoms with Crippen LogP contribution in [0, 0.1) is 0 Å². The van der Waals surface area contributed by atoms with Gasteiger partial charge >= 0.3 is 0 Å². The number of rotatable bonds is 7. The van der Waals surface area contributed by atoms with E-state index in [1.165, 1.54) is 11.8 Å². The topological polar surface area (TPSA) is 68.0 Å². The van der Waals surface area contributed by atoms with Crippen LogP contribution in [0.1, 0.15) is 16.5 Å². The molecular weight excluding hydrogens is 470 g/mol. The van der Waals surface area contributed by atoms with Gasteiger partial charge in [-0.05, 0) is 45.1 Å². The molecule has 0 unspecified atom stereocenters. The summed E-state index contributed by atoms with van der Waals surface area (Å²) in [5, 5.41) is 13.6. The molecule has 4 rings (SSSR count). The van der Waals surface area contributed by atoms with Gasteiger partial charge in [-0.2, -0.15) is 0 Å². The number of amides is 1. The number of hydrogen-bond donors (Lipinski definition) is 1. The predicted molar refractivity (Wildman–Crippen MR) is 119 cm³/mol. The summed E-state index contributed by atoms with van der Waals surface area (Å²) in [5.41, 5.74) is 1.86. The molecule has 146 valence electrons. The Morgan fingerprint density at radius 1 is 1.07 bits per heavy atom. The molecule has 4 aromatic rings. The molecule has 0 aliphatic carbocycles. The molecule has 0 saturated heterocycles. The minimum Gasteiger partial charge on any atom is -0.411 e. The van der Waals surface area contributed by atoms with Crippen LogP contribution in [0.4, 0.5) is 0 Å². The summed E-state index contributed by atoms with van der Waals surface area (Å²) in [6.45, 7) is 0. The zero-order valence-corrected chi connectivity index (χ0v) is 18.3. The molecule has 2 aromatic heterocycles. The molecule has 29 heavy (non-hydrogen) atoms. The van der Waals surface area contributed by atoms with Crippen LogP contribution in [-0.4, -0.2) is 21.9 Å². The number of hydrogen-bond acceptors (Lipinski definition) is 6. The van der Waals surface area contributed by atoms with E-state index in [9.17, 15) is 4.79 Å².